The lowest BCUT2D eigenvalue weighted by Gasteiger charge is -2.24. The highest BCUT2D eigenvalue weighted by Gasteiger charge is 2.31. The summed E-state index contributed by atoms with van der Waals surface area (Å²) in [7, 11) is 3.97. The first-order chi connectivity index (χ1) is 19.2. The first-order valence-corrected chi connectivity index (χ1v) is 13.6. The molecule has 0 unspecified atom stereocenters. The maximum Gasteiger partial charge on any atom is 0.349 e. The van der Waals surface area contributed by atoms with E-state index in [-0.39, 0.29) is 18.4 Å². The van der Waals surface area contributed by atoms with Crippen LogP contribution in [0.5, 0.6) is 11.5 Å². The van der Waals surface area contributed by atoms with Gasteiger partial charge in [0, 0.05) is 18.5 Å². The molecule has 4 rings (SSSR count). The van der Waals surface area contributed by atoms with Gasteiger partial charge in [0.15, 0.2) is 5.60 Å². The first-order valence-electron chi connectivity index (χ1n) is 13.6. The van der Waals surface area contributed by atoms with Crippen molar-refractivity contribution in [3.05, 3.63) is 90.3 Å². The van der Waals surface area contributed by atoms with Crippen molar-refractivity contribution in [3.63, 3.8) is 0 Å². The summed E-state index contributed by atoms with van der Waals surface area (Å²) in [5.41, 5.74) is 3.04. The van der Waals surface area contributed by atoms with Crippen LogP contribution in [0.4, 0.5) is 0 Å². The smallest absolute Gasteiger partial charge is 0.349 e. The fourth-order valence-electron chi connectivity index (χ4n) is 4.14. The molecule has 41 heavy (non-hydrogen) atoms. The monoisotopic (exact) mass is 578 g/mol. The molecule has 0 atom stereocenters. The molecule has 7 nitrogen and oxygen atoms in total. The SMILES string of the molecule is Cc1oc(-c2ccc(-c3ccccc3)cc2)nc1CCOc1ccc(OC(C)(C)C(=O)OCCCN(C)C)cc1.Cl. The zero-order valence-electron chi connectivity index (χ0n) is 24.4. The molecule has 8 heteroatoms. The van der Waals surface area contributed by atoms with Gasteiger partial charge < -0.3 is 23.5 Å². The van der Waals surface area contributed by atoms with Crippen LogP contribution < -0.4 is 9.47 Å². The van der Waals surface area contributed by atoms with Gasteiger partial charge in [-0.1, -0.05) is 42.5 Å². The Hall–Kier alpha value is -3.81. The van der Waals surface area contributed by atoms with E-state index in [9.17, 15) is 4.79 Å². The Bertz CT molecular complexity index is 1370. The summed E-state index contributed by atoms with van der Waals surface area (Å²) in [6.07, 6.45) is 1.39. The Morgan fingerprint density at radius 3 is 2.12 bits per heavy atom. The molecule has 0 amide bonds. The van der Waals surface area contributed by atoms with E-state index in [4.69, 9.17) is 23.6 Å². The number of esters is 1. The second kappa shape index (κ2) is 14.7. The molecular weight excluding hydrogens is 540 g/mol. The van der Waals surface area contributed by atoms with E-state index in [1.165, 1.54) is 5.56 Å². The van der Waals surface area contributed by atoms with Crippen LogP contribution in [0.15, 0.2) is 83.3 Å². The second-order valence-corrected chi connectivity index (χ2v) is 10.4. The number of ether oxygens (including phenoxy) is 3. The number of hydrogen-bond donors (Lipinski definition) is 0. The molecule has 0 saturated carbocycles. The van der Waals surface area contributed by atoms with Crippen molar-refractivity contribution in [1.29, 1.82) is 0 Å². The van der Waals surface area contributed by atoms with Crippen LogP contribution in [0.3, 0.4) is 0 Å². The minimum absolute atomic E-state index is 0. The Morgan fingerprint density at radius 1 is 0.854 bits per heavy atom. The minimum Gasteiger partial charge on any atom is -0.493 e. The van der Waals surface area contributed by atoms with Crippen LogP contribution in [0.2, 0.25) is 0 Å². The van der Waals surface area contributed by atoms with Crippen molar-refractivity contribution in [3.8, 4) is 34.1 Å². The zero-order chi connectivity index (χ0) is 28.5. The van der Waals surface area contributed by atoms with Crippen molar-refractivity contribution in [2.75, 3.05) is 33.9 Å². The van der Waals surface area contributed by atoms with Gasteiger partial charge in [-0.05, 0) is 88.8 Å². The summed E-state index contributed by atoms with van der Waals surface area (Å²) < 4.78 is 23.2. The molecule has 0 fully saturated rings. The van der Waals surface area contributed by atoms with E-state index >= 15 is 0 Å². The highest BCUT2D eigenvalue weighted by molar-refractivity contribution is 5.85. The number of aryl methyl sites for hydroxylation is 1. The normalized spacial score (nSPS) is 11.2. The molecule has 1 aromatic heterocycles. The minimum atomic E-state index is -1.09. The van der Waals surface area contributed by atoms with Crippen LogP contribution >= 0.6 is 12.4 Å². The van der Waals surface area contributed by atoms with Gasteiger partial charge in [-0.25, -0.2) is 9.78 Å². The van der Waals surface area contributed by atoms with E-state index in [0.29, 0.717) is 37.0 Å². The summed E-state index contributed by atoms with van der Waals surface area (Å²) in [4.78, 5) is 19.2. The van der Waals surface area contributed by atoms with Gasteiger partial charge >= 0.3 is 5.97 Å². The maximum absolute atomic E-state index is 12.5. The third-order valence-corrected chi connectivity index (χ3v) is 6.41. The fraction of sp³-hybridized carbons (Fsp3) is 0.333. The molecule has 218 valence electrons. The molecular formula is C33H39ClN2O5. The van der Waals surface area contributed by atoms with Gasteiger partial charge in [0.2, 0.25) is 5.89 Å². The molecule has 3 aromatic carbocycles. The van der Waals surface area contributed by atoms with Crippen LogP contribution in [0.1, 0.15) is 31.7 Å². The summed E-state index contributed by atoms with van der Waals surface area (Å²) in [6.45, 7) is 7.01. The van der Waals surface area contributed by atoms with E-state index < -0.39 is 5.60 Å². The number of oxazole rings is 1. The molecule has 0 aliphatic heterocycles. The molecule has 0 aliphatic carbocycles. The number of aromatic nitrogens is 1. The molecule has 0 spiro atoms. The van der Waals surface area contributed by atoms with Gasteiger partial charge in [-0.15, -0.1) is 12.4 Å². The van der Waals surface area contributed by atoms with Crippen molar-refractivity contribution in [2.24, 2.45) is 0 Å². The maximum atomic E-state index is 12.5. The lowest BCUT2D eigenvalue weighted by atomic mass is 10.0. The van der Waals surface area contributed by atoms with Gasteiger partial charge in [-0.2, -0.15) is 0 Å². The van der Waals surface area contributed by atoms with Crippen LogP contribution in [-0.4, -0.2) is 55.3 Å². The average molecular weight is 579 g/mol. The highest BCUT2D eigenvalue weighted by Crippen LogP contribution is 2.27. The number of nitrogens with zero attached hydrogens (tertiary/aromatic N) is 2. The lowest BCUT2D eigenvalue weighted by molar-refractivity contribution is -0.159. The van der Waals surface area contributed by atoms with Gasteiger partial charge in [-0.3, -0.25) is 0 Å². The predicted molar refractivity (Wildman–Crippen MR) is 164 cm³/mol. The molecule has 1 heterocycles. The Morgan fingerprint density at radius 2 is 1.46 bits per heavy atom. The number of rotatable bonds is 13. The second-order valence-electron chi connectivity index (χ2n) is 10.4. The lowest BCUT2D eigenvalue weighted by Crippen LogP contribution is -2.40. The number of hydrogen-bond acceptors (Lipinski definition) is 7. The number of carbonyl (C=O) groups is 1. The van der Waals surface area contributed by atoms with Crippen LogP contribution in [0.25, 0.3) is 22.6 Å². The molecule has 0 saturated heterocycles. The predicted octanol–water partition coefficient (Wildman–Crippen LogP) is 7.01. The Balaban J connectivity index is 0.00000462. The van der Waals surface area contributed by atoms with Crippen molar-refractivity contribution < 1.29 is 23.4 Å². The van der Waals surface area contributed by atoms with E-state index in [2.05, 4.69) is 29.2 Å². The third-order valence-electron chi connectivity index (χ3n) is 6.41. The molecule has 0 bridgehead atoms. The average Bonchev–Trinajstić information content (AvgIpc) is 3.32. The first kappa shape index (κ1) is 31.7. The van der Waals surface area contributed by atoms with Gasteiger partial charge in [0.25, 0.3) is 0 Å². The number of benzene rings is 3. The number of halogens is 1. The molecule has 0 N–H and O–H groups in total. The standard InChI is InChI=1S/C33H38N2O5.ClH/c1-24-30(34-31(39-24)27-14-12-26(13-15-27)25-10-7-6-8-11-25)20-23-37-28-16-18-29(19-17-28)40-33(2,3)32(36)38-22-9-21-35(4)5;/h6-8,10-19H,9,20-23H2,1-5H3;1H. The van der Waals surface area contributed by atoms with Crippen LogP contribution in [-0.2, 0) is 16.0 Å². The largest absolute Gasteiger partial charge is 0.493 e. The summed E-state index contributed by atoms with van der Waals surface area (Å²) in [5.74, 6) is 2.27. The summed E-state index contributed by atoms with van der Waals surface area (Å²) >= 11 is 0. The summed E-state index contributed by atoms with van der Waals surface area (Å²) in [6, 6.07) is 25.7. The molecule has 0 radical (unpaired) electrons. The Kier molecular flexibility index (Phi) is 11.4. The van der Waals surface area contributed by atoms with Gasteiger partial charge in [0.05, 0.1) is 18.9 Å². The Labute approximate surface area is 248 Å². The molecule has 0 aliphatic rings. The van der Waals surface area contributed by atoms with E-state index in [1.807, 2.05) is 63.5 Å². The van der Waals surface area contributed by atoms with Crippen molar-refractivity contribution >= 4 is 18.4 Å². The van der Waals surface area contributed by atoms with Crippen molar-refractivity contribution in [2.45, 2.75) is 39.2 Å². The van der Waals surface area contributed by atoms with E-state index in [1.54, 1.807) is 26.0 Å². The van der Waals surface area contributed by atoms with Gasteiger partial charge in [0.1, 0.15) is 17.3 Å². The van der Waals surface area contributed by atoms with E-state index in [0.717, 1.165) is 35.5 Å². The van der Waals surface area contributed by atoms with Crippen molar-refractivity contribution in [1.82, 2.24) is 9.88 Å². The quantitative estimate of drug-likeness (QED) is 0.125. The number of carbonyl (C=O) groups excluding carboxylic acids is 1. The zero-order valence-corrected chi connectivity index (χ0v) is 25.2. The topological polar surface area (TPSA) is 74.0 Å². The fourth-order valence-corrected chi connectivity index (χ4v) is 4.14. The highest BCUT2D eigenvalue weighted by atomic mass is 35.5. The van der Waals surface area contributed by atoms with Crippen LogP contribution in [0, 0.1) is 6.92 Å². The molecule has 4 aromatic rings. The third kappa shape index (κ3) is 9.10. The summed E-state index contributed by atoms with van der Waals surface area (Å²) in [5, 5.41) is 0.